The Morgan fingerprint density at radius 2 is 2.36 bits per heavy atom. The normalized spacial score (nSPS) is 32.5. The van der Waals surface area contributed by atoms with Crippen molar-refractivity contribution < 1.29 is 9.90 Å². The second-order valence-electron chi connectivity index (χ2n) is 2.59. The van der Waals surface area contributed by atoms with Gasteiger partial charge in [-0.15, -0.1) is 0 Å². The minimum absolute atomic E-state index is 0.0420. The predicted octanol–water partition coefficient (Wildman–Crippen LogP) is 0.331. The smallest absolute Gasteiger partial charge is 0.322 e. The van der Waals surface area contributed by atoms with E-state index in [0.29, 0.717) is 5.88 Å². The van der Waals surface area contributed by atoms with Gasteiger partial charge in [0.15, 0.2) is 0 Å². The van der Waals surface area contributed by atoms with Crippen LogP contribution in [0.4, 0.5) is 0 Å². The van der Waals surface area contributed by atoms with E-state index in [1.165, 1.54) is 0 Å². The molecule has 1 N–H and O–H groups in total. The van der Waals surface area contributed by atoms with Gasteiger partial charge in [0, 0.05) is 17.7 Å². The first-order chi connectivity index (χ1) is 5.16. The average molecular weight is 193 g/mol. The molecule has 1 saturated heterocycles. The van der Waals surface area contributed by atoms with Crippen molar-refractivity contribution in [2.24, 2.45) is 0 Å². The van der Waals surface area contributed by atoms with Gasteiger partial charge in [0.2, 0.25) is 0 Å². The Morgan fingerprint density at radius 1 is 1.73 bits per heavy atom. The summed E-state index contributed by atoms with van der Waals surface area (Å²) in [6.07, 6.45) is 0.834. The van der Waals surface area contributed by atoms with Crippen molar-refractivity contribution in [2.75, 3.05) is 12.4 Å². The number of nitrogens with zero attached hydrogens (tertiary/aromatic N) is 1. The molecule has 0 radical (unpaired) electrons. The van der Waals surface area contributed by atoms with E-state index in [-0.39, 0.29) is 5.25 Å². The number of thiol groups is 2. The first-order valence-electron chi connectivity index (χ1n) is 3.42. The van der Waals surface area contributed by atoms with Crippen molar-refractivity contribution in [1.29, 1.82) is 0 Å². The lowest BCUT2D eigenvalue weighted by Crippen LogP contribution is -2.39. The number of rotatable bonds is 2. The number of carboxylic acid groups (broad SMARTS) is 1. The topological polar surface area (TPSA) is 40.5 Å². The molecule has 1 rings (SSSR count). The summed E-state index contributed by atoms with van der Waals surface area (Å²) in [5.74, 6) is -0.301. The van der Waals surface area contributed by atoms with E-state index in [4.69, 9.17) is 5.11 Å². The predicted molar refractivity (Wildman–Crippen MR) is 49.4 cm³/mol. The lowest BCUT2D eigenvalue weighted by molar-refractivity contribution is -0.141. The molecule has 0 saturated carbocycles. The number of carbonyl (C=O) groups is 1. The molecule has 0 aromatic rings. The van der Waals surface area contributed by atoms with Crippen LogP contribution in [0.25, 0.3) is 0 Å². The third-order valence-electron chi connectivity index (χ3n) is 1.90. The Bertz CT molecular complexity index is 165. The second kappa shape index (κ2) is 3.69. The molecule has 1 aliphatic heterocycles. The van der Waals surface area contributed by atoms with Crippen molar-refractivity contribution in [3.8, 4) is 0 Å². The maximum absolute atomic E-state index is 10.7. The Labute approximate surface area is 76.6 Å². The van der Waals surface area contributed by atoms with Crippen LogP contribution < -0.4 is 0 Å². The number of hydrogen-bond donors (Lipinski definition) is 3. The average Bonchev–Trinajstić information content (AvgIpc) is 2.30. The molecule has 2 atom stereocenters. The van der Waals surface area contributed by atoms with E-state index in [0.717, 1.165) is 13.0 Å². The standard InChI is InChI=1S/C6H11NO2S2/c8-6(9)5-4(11)1-2-7(5)3-10/h4-5,10-11H,1-3H2,(H,8,9). The zero-order valence-corrected chi connectivity index (χ0v) is 7.76. The maximum Gasteiger partial charge on any atom is 0.322 e. The van der Waals surface area contributed by atoms with E-state index in [9.17, 15) is 4.79 Å². The third-order valence-corrected chi connectivity index (χ3v) is 2.81. The highest BCUT2D eigenvalue weighted by molar-refractivity contribution is 7.81. The molecule has 0 amide bonds. The van der Waals surface area contributed by atoms with Crippen molar-refractivity contribution in [2.45, 2.75) is 17.7 Å². The summed E-state index contributed by atoms with van der Waals surface area (Å²) in [4.78, 5) is 12.5. The highest BCUT2D eigenvalue weighted by Gasteiger charge is 2.36. The van der Waals surface area contributed by atoms with E-state index in [1.54, 1.807) is 0 Å². The van der Waals surface area contributed by atoms with Crippen LogP contribution in [0.1, 0.15) is 6.42 Å². The molecule has 2 unspecified atom stereocenters. The van der Waals surface area contributed by atoms with E-state index in [2.05, 4.69) is 25.3 Å². The van der Waals surface area contributed by atoms with Crippen LogP contribution >= 0.6 is 25.3 Å². The molecular formula is C6H11NO2S2. The van der Waals surface area contributed by atoms with Gasteiger partial charge < -0.3 is 5.11 Å². The zero-order chi connectivity index (χ0) is 8.43. The lowest BCUT2D eigenvalue weighted by Gasteiger charge is -2.19. The highest BCUT2D eigenvalue weighted by Crippen LogP contribution is 2.22. The van der Waals surface area contributed by atoms with Gasteiger partial charge in [-0.25, -0.2) is 0 Å². The fourth-order valence-electron chi connectivity index (χ4n) is 1.32. The van der Waals surface area contributed by atoms with Crippen molar-refractivity contribution in [3.63, 3.8) is 0 Å². The first-order valence-corrected chi connectivity index (χ1v) is 4.57. The van der Waals surface area contributed by atoms with Gasteiger partial charge in [0.25, 0.3) is 0 Å². The number of carboxylic acids is 1. The van der Waals surface area contributed by atoms with Gasteiger partial charge >= 0.3 is 5.97 Å². The van der Waals surface area contributed by atoms with Gasteiger partial charge in [0.1, 0.15) is 6.04 Å². The van der Waals surface area contributed by atoms with Crippen LogP contribution in [0.15, 0.2) is 0 Å². The van der Waals surface area contributed by atoms with Gasteiger partial charge in [-0.3, -0.25) is 9.69 Å². The molecule has 64 valence electrons. The molecule has 0 aromatic carbocycles. The van der Waals surface area contributed by atoms with Crippen molar-refractivity contribution >= 4 is 31.2 Å². The van der Waals surface area contributed by atoms with E-state index in [1.807, 2.05) is 4.90 Å². The van der Waals surface area contributed by atoms with Crippen LogP contribution in [0.2, 0.25) is 0 Å². The molecular weight excluding hydrogens is 182 g/mol. The minimum atomic E-state index is -0.795. The van der Waals surface area contributed by atoms with Crippen LogP contribution in [-0.4, -0.2) is 39.7 Å². The summed E-state index contributed by atoms with van der Waals surface area (Å²) in [7, 11) is 0. The van der Waals surface area contributed by atoms with E-state index < -0.39 is 12.0 Å². The van der Waals surface area contributed by atoms with Crippen LogP contribution in [0.5, 0.6) is 0 Å². The Morgan fingerprint density at radius 3 is 2.73 bits per heavy atom. The van der Waals surface area contributed by atoms with Crippen molar-refractivity contribution in [3.05, 3.63) is 0 Å². The highest BCUT2D eigenvalue weighted by atomic mass is 32.1. The summed E-state index contributed by atoms with van der Waals surface area (Å²) >= 11 is 8.22. The lowest BCUT2D eigenvalue weighted by atomic mass is 10.2. The number of hydrogen-bond acceptors (Lipinski definition) is 4. The van der Waals surface area contributed by atoms with Gasteiger partial charge in [0.05, 0.1) is 0 Å². The monoisotopic (exact) mass is 193 g/mol. The fourth-order valence-corrected chi connectivity index (χ4v) is 2.07. The number of aliphatic carboxylic acids is 1. The summed E-state index contributed by atoms with van der Waals surface area (Å²) in [6.45, 7) is 0.786. The van der Waals surface area contributed by atoms with Crippen LogP contribution in [-0.2, 0) is 4.79 Å². The molecule has 1 aliphatic rings. The quantitative estimate of drug-likeness (QED) is 0.554. The van der Waals surface area contributed by atoms with E-state index >= 15 is 0 Å². The summed E-state index contributed by atoms with van der Waals surface area (Å²) in [5.41, 5.74) is 0. The van der Waals surface area contributed by atoms with Crippen LogP contribution in [0.3, 0.4) is 0 Å². The minimum Gasteiger partial charge on any atom is -0.480 e. The molecule has 1 heterocycles. The Hall–Kier alpha value is 0.130. The molecule has 1 fully saturated rings. The largest absolute Gasteiger partial charge is 0.480 e. The molecule has 0 aliphatic carbocycles. The van der Waals surface area contributed by atoms with Crippen LogP contribution in [0, 0.1) is 0 Å². The molecule has 0 aromatic heterocycles. The molecule has 3 nitrogen and oxygen atoms in total. The third kappa shape index (κ3) is 1.83. The molecule has 0 bridgehead atoms. The van der Waals surface area contributed by atoms with Gasteiger partial charge in [-0.1, -0.05) is 0 Å². The Balaban J connectivity index is 2.63. The van der Waals surface area contributed by atoms with Gasteiger partial charge in [-0.2, -0.15) is 25.3 Å². The maximum atomic E-state index is 10.7. The SMILES string of the molecule is O=C(O)C1C(S)CCN1CS. The summed E-state index contributed by atoms with van der Waals surface area (Å²) in [6, 6.07) is -0.448. The van der Waals surface area contributed by atoms with Gasteiger partial charge in [-0.05, 0) is 6.42 Å². The fraction of sp³-hybridized carbons (Fsp3) is 0.833. The summed E-state index contributed by atoms with van der Waals surface area (Å²) in [5, 5.41) is 8.72. The zero-order valence-electron chi connectivity index (χ0n) is 5.97. The van der Waals surface area contributed by atoms with Crippen molar-refractivity contribution in [1.82, 2.24) is 4.90 Å². The first kappa shape index (κ1) is 9.22. The number of likely N-dealkylation sites (tertiary alicyclic amines) is 1. The molecule has 11 heavy (non-hydrogen) atoms. The molecule has 5 heteroatoms. The Kier molecular flexibility index (Phi) is 3.09. The molecule has 0 spiro atoms. The summed E-state index contributed by atoms with van der Waals surface area (Å²) < 4.78 is 0. The second-order valence-corrected chi connectivity index (χ2v) is 3.54.